The highest BCUT2D eigenvalue weighted by Crippen LogP contribution is 2.21. The van der Waals surface area contributed by atoms with Gasteiger partial charge in [-0.05, 0) is 36.4 Å². The van der Waals surface area contributed by atoms with E-state index in [0.29, 0.717) is 31.1 Å². The second-order valence-electron chi connectivity index (χ2n) is 5.30. The van der Waals surface area contributed by atoms with Crippen molar-refractivity contribution in [1.82, 2.24) is 4.31 Å². The van der Waals surface area contributed by atoms with E-state index in [-0.39, 0.29) is 0 Å². The van der Waals surface area contributed by atoms with E-state index in [2.05, 4.69) is 4.90 Å². The summed E-state index contributed by atoms with van der Waals surface area (Å²) < 4.78 is 26.7. The van der Waals surface area contributed by atoms with Crippen LogP contribution in [0.5, 0.6) is 0 Å². The number of sulfonamides is 1. The molecule has 0 unspecified atom stereocenters. The first kappa shape index (κ1) is 14.9. The van der Waals surface area contributed by atoms with Gasteiger partial charge in [-0.25, -0.2) is 8.42 Å². The van der Waals surface area contributed by atoms with Crippen LogP contribution in [0.3, 0.4) is 0 Å². The average Bonchev–Trinajstić information content (AvgIpc) is 2.56. The Hall–Kier alpha value is -2.05. The largest absolute Gasteiger partial charge is 0.399 e. The van der Waals surface area contributed by atoms with Crippen LogP contribution in [0.15, 0.2) is 59.5 Å². The highest BCUT2D eigenvalue weighted by atomic mass is 32.2. The van der Waals surface area contributed by atoms with Crippen molar-refractivity contribution in [3.8, 4) is 0 Å². The van der Waals surface area contributed by atoms with Crippen molar-refractivity contribution in [3.05, 3.63) is 54.6 Å². The number of nitrogens with zero attached hydrogens (tertiary/aromatic N) is 2. The first-order valence-electron chi connectivity index (χ1n) is 7.23. The molecule has 0 aliphatic carbocycles. The summed E-state index contributed by atoms with van der Waals surface area (Å²) in [5.74, 6) is 0. The standard InChI is InChI=1S/C16H19N3O2S/c17-14-6-8-15(9-7-14)18-10-12-19(13-11-18)22(20,21)16-4-2-1-3-5-16/h1-9H,10-13,17H2. The van der Waals surface area contributed by atoms with Crippen molar-refractivity contribution in [1.29, 1.82) is 0 Å². The van der Waals surface area contributed by atoms with Gasteiger partial charge in [0.1, 0.15) is 0 Å². The van der Waals surface area contributed by atoms with Crippen LogP contribution in [0, 0.1) is 0 Å². The van der Waals surface area contributed by atoms with E-state index in [0.717, 1.165) is 11.4 Å². The van der Waals surface area contributed by atoms with Crippen LogP contribution in [0.25, 0.3) is 0 Å². The summed E-state index contributed by atoms with van der Waals surface area (Å²) in [5.41, 5.74) is 7.50. The third-order valence-electron chi connectivity index (χ3n) is 3.88. The summed E-state index contributed by atoms with van der Waals surface area (Å²) in [7, 11) is -3.39. The Bertz CT molecular complexity index is 722. The molecule has 0 amide bonds. The molecule has 2 aromatic carbocycles. The van der Waals surface area contributed by atoms with Crippen LogP contribution < -0.4 is 10.6 Å². The van der Waals surface area contributed by atoms with E-state index < -0.39 is 10.0 Å². The van der Waals surface area contributed by atoms with E-state index in [1.165, 1.54) is 0 Å². The van der Waals surface area contributed by atoms with Crippen molar-refractivity contribution in [2.75, 3.05) is 36.8 Å². The van der Waals surface area contributed by atoms with Crippen LogP contribution in [0.4, 0.5) is 11.4 Å². The number of anilines is 2. The lowest BCUT2D eigenvalue weighted by atomic mass is 10.2. The van der Waals surface area contributed by atoms with Gasteiger partial charge in [-0.15, -0.1) is 0 Å². The van der Waals surface area contributed by atoms with Crippen LogP contribution in [0.2, 0.25) is 0 Å². The lowest BCUT2D eigenvalue weighted by Crippen LogP contribution is -2.48. The lowest BCUT2D eigenvalue weighted by molar-refractivity contribution is 0.385. The minimum atomic E-state index is -3.39. The molecular formula is C16H19N3O2S. The molecule has 0 radical (unpaired) electrons. The fraction of sp³-hybridized carbons (Fsp3) is 0.250. The van der Waals surface area contributed by atoms with Crippen molar-refractivity contribution in [2.24, 2.45) is 0 Å². The zero-order valence-electron chi connectivity index (χ0n) is 12.2. The number of benzene rings is 2. The molecule has 5 nitrogen and oxygen atoms in total. The first-order valence-corrected chi connectivity index (χ1v) is 8.67. The minimum Gasteiger partial charge on any atom is -0.399 e. The Morgan fingerprint density at radius 2 is 1.41 bits per heavy atom. The zero-order chi connectivity index (χ0) is 15.6. The van der Waals surface area contributed by atoms with Gasteiger partial charge in [0.2, 0.25) is 10.0 Å². The van der Waals surface area contributed by atoms with Crippen LogP contribution in [-0.4, -0.2) is 38.9 Å². The third-order valence-corrected chi connectivity index (χ3v) is 5.79. The highest BCUT2D eigenvalue weighted by Gasteiger charge is 2.28. The molecule has 6 heteroatoms. The third kappa shape index (κ3) is 2.93. The van der Waals surface area contributed by atoms with E-state index in [1.54, 1.807) is 28.6 Å². The Kier molecular flexibility index (Phi) is 4.04. The Morgan fingerprint density at radius 3 is 2.00 bits per heavy atom. The SMILES string of the molecule is Nc1ccc(N2CCN(S(=O)(=O)c3ccccc3)CC2)cc1. The molecule has 2 N–H and O–H groups in total. The van der Waals surface area contributed by atoms with Gasteiger partial charge in [0.25, 0.3) is 0 Å². The Balaban J connectivity index is 1.70. The van der Waals surface area contributed by atoms with E-state index in [9.17, 15) is 8.42 Å². The van der Waals surface area contributed by atoms with Gasteiger partial charge in [0.15, 0.2) is 0 Å². The molecule has 1 aliphatic heterocycles. The number of rotatable bonds is 3. The van der Waals surface area contributed by atoms with Gasteiger partial charge in [0.05, 0.1) is 4.90 Å². The van der Waals surface area contributed by atoms with E-state index in [1.807, 2.05) is 30.3 Å². The second kappa shape index (κ2) is 5.98. The van der Waals surface area contributed by atoms with Gasteiger partial charge in [-0.2, -0.15) is 4.31 Å². The molecule has 1 fully saturated rings. The van der Waals surface area contributed by atoms with Gasteiger partial charge >= 0.3 is 0 Å². The molecule has 0 aromatic heterocycles. The van der Waals surface area contributed by atoms with Crippen molar-refractivity contribution in [3.63, 3.8) is 0 Å². The molecule has 0 atom stereocenters. The second-order valence-corrected chi connectivity index (χ2v) is 7.23. The van der Waals surface area contributed by atoms with Crippen molar-refractivity contribution in [2.45, 2.75) is 4.90 Å². The monoisotopic (exact) mass is 317 g/mol. The molecule has 0 spiro atoms. The lowest BCUT2D eigenvalue weighted by Gasteiger charge is -2.35. The first-order chi connectivity index (χ1) is 10.6. The number of hydrogen-bond donors (Lipinski definition) is 1. The summed E-state index contributed by atoms with van der Waals surface area (Å²) in [5, 5.41) is 0. The van der Waals surface area contributed by atoms with Crippen LogP contribution in [-0.2, 0) is 10.0 Å². The summed E-state index contributed by atoms with van der Waals surface area (Å²) >= 11 is 0. The van der Waals surface area contributed by atoms with Gasteiger partial charge < -0.3 is 10.6 Å². The van der Waals surface area contributed by atoms with Crippen molar-refractivity contribution >= 4 is 21.4 Å². The fourth-order valence-corrected chi connectivity index (χ4v) is 4.06. The Labute approximate surface area is 131 Å². The van der Waals surface area contributed by atoms with Gasteiger partial charge in [-0.1, -0.05) is 18.2 Å². The predicted octanol–water partition coefficient (Wildman–Crippen LogP) is 1.78. The van der Waals surface area contributed by atoms with Crippen molar-refractivity contribution < 1.29 is 8.42 Å². The normalized spacial score (nSPS) is 16.6. The number of nitrogens with two attached hydrogens (primary N) is 1. The molecule has 2 aromatic rings. The van der Waals surface area contributed by atoms with E-state index in [4.69, 9.17) is 5.73 Å². The quantitative estimate of drug-likeness (QED) is 0.876. The fourth-order valence-electron chi connectivity index (χ4n) is 2.61. The number of hydrogen-bond acceptors (Lipinski definition) is 4. The van der Waals surface area contributed by atoms with E-state index >= 15 is 0 Å². The topological polar surface area (TPSA) is 66.6 Å². The molecule has 3 rings (SSSR count). The maximum absolute atomic E-state index is 12.6. The van der Waals surface area contributed by atoms with Crippen LogP contribution >= 0.6 is 0 Å². The summed E-state index contributed by atoms with van der Waals surface area (Å²) in [6, 6.07) is 16.3. The maximum Gasteiger partial charge on any atom is 0.243 e. The van der Waals surface area contributed by atoms with Gasteiger partial charge in [-0.3, -0.25) is 0 Å². The predicted molar refractivity (Wildman–Crippen MR) is 88.3 cm³/mol. The summed E-state index contributed by atoms with van der Waals surface area (Å²) in [6.45, 7) is 2.33. The average molecular weight is 317 g/mol. The maximum atomic E-state index is 12.6. The number of nitrogen functional groups attached to an aromatic ring is 1. The molecule has 1 heterocycles. The summed E-state index contributed by atoms with van der Waals surface area (Å²) in [6.07, 6.45) is 0. The molecule has 0 saturated carbocycles. The molecule has 1 saturated heterocycles. The van der Waals surface area contributed by atoms with Gasteiger partial charge in [0, 0.05) is 37.6 Å². The Morgan fingerprint density at radius 1 is 0.818 bits per heavy atom. The summed E-state index contributed by atoms with van der Waals surface area (Å²) in [4.78, 5) is 2.53. The van der Waals surface area contributed by atoms with Crippen LogP contribution in [0.1, 0.15) is 0 Å². The smallest absolute Gasteiger partial charge is 0.243 e. The highest BCUT2D eigenvalue weighted by molar-refractivity contribution is 7.89. The molecule has 116 valence electrons. The minimum absolute atomic E-state index is 0.357. The molecule has 0 bridgehead atoms. The molecular weight excluding hydrogens is 298 g/mol. The molecule has 22 heavy (non-hydrogen) atoms. The number of piperazine rings is 1. The zero-order valence-corrected chi connectivity index (χ0v) is 13.0. The molecule has 1 aliphatic rings.